The number of hydrogen-bond acceptors (Lipinski definition) is 0. The molecule has 0 aromatic heterocycles. The van der Waals surface area contributed by atoms with Gasteiger partial charge < -0.3 is 0 Å². The molecule has 0 saturated carbocycles. The Hall–Kier alpha value is 0.797. The fraction of sp³-hybridized carbons (Fsp3) is 0.636. The molecule has 0 aromatic carbocycles. The van der Waals surface area contributed by atoms with E-state index in [9.17, 15) is 0 Å². The molecule has 0 saturated heterocycles. The first kappa shape index (κ1) is 20.2. The van der Waals surface area contributed by atoms with E-state index in [1.165, 1.54) is 0 Å². The molecule has 1 rings (SSSR count). The van der Waals surface area contributed by atoms with Crippen molar-refractivity contribution in [2.45, 2.75) is 45.7 Å². The molecule has 1 aliphatic rings. The van der Waals surface area contributed by atoms with Crippen molar-refractivity contribution < 1.29 is 26.2 Å². The van der Waals surface area contributed by atoms with Gasteiger partial charge in [0, 0.05) is 43.8 Å². The van der Waals surface area contributed by atoms with Crippen molar-refractivity contribution in [3.8, 4) is 0 Å². The van der Waals surface area contributed by atoms with Gasteiger partial charge in [-0.2, -0.15) is 6.08 Å². The molecule has 0 aliphatic heterocycles. The predicted octanol–water partition coefficient (Wildman–Crippen LogP) is 4.04. The largest absolute Gasteiger partial charge is 0.273 e. The maximum Gasteiger partial charge on any atom is 0.0379 e. The van der Waals surface area contributed by atoms with E-state index in [0.29, 0.717) is 0 Å². The van der Waals surface area contributed by atoms with Gasteiger partial charge in [0.25, 0.3) is 0 Å². The van der Waals surface area contributed by atoms with Gasteiger partial charge in [0.05, 0.1) is 0 Å². The zero-order valence-electron chi connectivity index (χ0n) is 10.4. The Labute approximate surface area is 113 Å². The Morgan fingerprint density at radius 2 is 1.29 bits per heavy atom. The van der Waals surface area contributed by atoms with Gasteiger partial charge in [-0.15, -0.1) is 6.42 Å². The zero-order chi connectivity index (χ0) is 10.7. The molecule has 0 unspecified atom stereocenters. The predicted molar refractivity (Wildman–Crippen MR) is 68.3 cm³/mol. The summed E-state index contributed by atoms with van der Waals surface area (Å²) >= 11 is 0. The van der Waals surface area contributed by atoms with E-state index in [1.807, 2.05) is 12.2 Å². The molecular weight excluding hydrogens is 280 g/mol. The maximum absolute atomic E-state index is 2.99. The third kappa shape index (κ3) is 53.0. The summed E-state index contributed by atoms with van der Waals surface area (Å²) in [7, 11) is 0.241. The average molecular weight is 303 g/mol. The minimum Gasteiger partial charge on any atom is -0.273 e. The summed E-state index contributed by atoms with van der Waals surface area (Å²) in [6.07, 6.45) is 10.0. The third-order valence-corrected chi connectivity index (χ3v) is 0.586. The van der Waals surface area contributed by atoms with Crippen LogP contribution in [-0.4, -0.2) is 17.6 Å². The first-order chi connectivity index (χ1) is 5.96. The molecule has 0 N–H and O–H groups in total. The topological polar surface area (TPSA) is 0 Å². The molecule has 2 radical (unpaired) electrons. The van der Waals surface area contributed by atoms with Crippen LogP contribution in [0.2, 0.25) is 39.3 Å². The summed E-state index contributed by atoms with van der Waals surface area (Å²) in [6, 6.07) is 0. The van der Waals surface area contributed by atoms with Crippen molar-refractivity contribution in [2.75, 3.05) is 0 Å². The second kappa shape index (κ2) is 16.2. The minimum absolute atomic E-state index is 0. The van der Waals surface area contributed by atoms with Crippen LogP contribution in [0, 0.1) is 6.08 Å². The van der Waals surface area contributed by atoms with E-state index in [2.05, 4.69) is 51.4 Å². The van der Waals surface area contributed by atoms with Gasteiger partial charge >= 0.3 is 0 Å². The van der Waals surface area contributed by atoms with Crippen molar-refractivity contribution in [1.82, 2.24) is 0 Å². The van der Waals surface area contributed by atoms with E-state index in [1.54, 1.807) is 0 Å². The Kier molecular flexibility index (Phi) is 23.5. The quantitative estimate of drug-likeness (QED) is 0.468. The van der Waals surface area contributed by atoms with Crippen LogP contribution in [0.3, 0.4) is 0 Å². The summed E-state index contributed by atoms with van der Waals surface area (Å²) in [5, 5.41) is 0. The average Bonchev–Trinajstić information content (AvgIpc) is 2.35. The molecule has 0 aromatic rings. The van der Waals surface area contributed by atoms with Gasteiger partial charge in [0.15, 0.2) is 0 Å². The minimum atomic E-state index is 0. The Balaban J connectivity index is -0.000000127. The monoisotopic (exact) mass is 301 g/mol. The van der Waals surface area contributed by atoms with Crippen molar-refractivity contribution in [1.29, 1.82) is 0 Å². The van der Waals surface area contributed by atoms with Crippen LogP contribution in [0.5, 0.6) is 0 Å². The van der Waals surface area contributed by atoms with Gasteiger partial charge in [-0.25, -0.2) is 12.2 Å². The zero-order valence-corrected chi connectivity index (χ0v) is 14.9. The first-order valence-corrected chi connectivity index (χ1v) is 10.7. The summed E-state index contributed by atoms with van der Waals surface area (Å²) < 4.78 is 0. The van der Waals surface area contributed by atoms with Crippen molar-refractivity contribution in [3.63, 3.8) is 0 Å². The maximum atomic E-state index is 2.99. The second-order valence-corrected chi connectivity index (χ2v) is 10.0. The molecule has 14 heavy (non-hydrogen) atoms. The van der Waals surface area contributed by atoms with E-state index in [-0.39, 0.29) is 43.8 Å². The summed E-state index contributed by atoms with van der Waals surface area (Å²) in [6.45, 7) is 13.6. The second-order valence-electron chi connectivity index (χ2n) is 4.00. The molecule has 0 spiro atoms. The molecule has 3 heteroatoms. The Bertz CT molecular complexity index is 119. The number of allylic oxidation sites excluding steroid dienone is 4. The standard InChI is InChI=1S/C5H5.2C3H9Si.Zr/c1-2-4-5-3-1;2*1-4(2)3;/h1-3H,4H2;2*1-3H3;/q-1;;;. The number of rotatable bonds is 0. The van der Waals surface area contributed by atoms with E-state index in [0.717, 1.165) is 6.42 Å². The summed E-state index contributed by atoms with van der Waals surface area (Å²) in [5.41, 5.74) is 0. The van der Waals surface area contributed by atoms with E-state index in [4.69, 9.17) is 0 Å². The van der Waals surface area contributed by atoms with Crippen molar-refractivity contribution in [3.05, 3.63) is 24.3 Å². The molecule has 0 fully saturated rings. The van der Waals surface area contributed by atoms with Crippen LogP contribution in [0.4, 0.5) is 0 Å². The van der Waals surface area contributed by atoms with Gasteiger partial charge in [-0.05, 0) is 0 Å². The summed E-state index contributed by atoms with van der Waals surface area (Å²) in [4.78, 5) is 0. The molecule has 1 aliphatic carbocycles. The number of hydrogen-bond donors (Lipinski definition) is 0. The van der Waals surface area contributed by atoms with Crippen molar-refractivity contribution >= 4 is 17.6 Å². The van der Waals surface area contributed by atoms with Crippen LogP contribution in [0.25, 0.3) is 0 Å². The SMILES string of the molecule is C[Si](C)C.C[Si](C)C.[C-]1=CC=CC1.[Zr]. The van der Waals surface area contributed by atoms with Gasteiger partial charge in [0.2, 0.25) is 0 Å². The van der Waals surface area contributed by atoms with E-state index >= 15 is 0 Å². The van der Waals surface area contributed by atoms with Crippen LogP contribution in [-0.2, 0) is 26.2 Å². The van der Waals surface area contributed by atoms with Crippen molar-refractivity contribution in [2.24, 2.45) is 0 Å². The van der Waals surface area contributed by atoms with Crippen LogP contribution in [0.15, 0.2) is 18.2 Å². The Morgan fingerprint density at radius 3 is 1.36 bits per heavy atom. The molecule has 0 amide bonds. The molecule has 0 nitrogen and oxygen atoms in total. The fourth-order valence-electron chi connectivity index (χ4n) is 0.340. The van der Waals surface area contributed by atoms with Gasteiger partial charge in [0.1, 0.15) is 0 Å². The fourth-order valence-corrected chi connectivity index (χ4v) is 0.340. The van der Waals surface area contributed by atoms with Crippen LogP contribution < -0.4 is 0 Å². The molecule has 80 valence electrons. The molecular formula is C11H23Si2Zr-. The Morgan fingerprint density at radius 1 is 0.929 bits per heavy atom. The van der Waals surface area contributed by atoms with Crippen LogP contribution in [0.1, 0.15) is 6.42 Å². The van der Waals surface area contributed by atoms with Gasteiger partial charge in [-0.3, -0.25) is 6.08 Å². The summed E-state index contributed by atoms with van der Waals surface area (Å²) in [5.74, 6) is 0. The van der Waals surface area contributed by atoms with Crippen LogP contribution >= 0.6 is 0 Å². The van der Waals surface area contributed by atoms with E-state index < -0.39 is 0 Å². The smallest absolute Gasteiger partial charge is 0.0379 e. The normalized spacial score (nSPS) is 11.4. The molecule has 0 bridgehead atoms. The first-order valence-electron chi connectivity index (χ1n) is 4.72. The third-order valence-electron chi connectivity index (χ3n) is 0.586. The van der Waals surface area contributed by atoms with Gasteiger partial charge in [-0.1, -0.05) is 39.3 Å². The molecule has 0 atom stereocenters. The molecule has 0 heterocycles.